The Kier molecular flexibility index (Phi) is 2.78. The Balaban J connectivity index is 2.60. The second kappa shape index (κ2) is 3.69. The van der Waals surface area contributed by atoms with Crippen LogP contribution in [0.4, 0.5) is 0 Å². The van der Waals surface area contributed by atoms with Gasteiger partial charge >= 0.3 is 5.97 Å². The number of carbonyl (C=O) groups is 2. The van der Waals surface area contributed by atoms with E-state index in [-0.39, 0.29) is 0 Å². The SMILES string of the molecule is CC(C)(C)OC(=O)C1C=CC(=O)N=N1. The number of hydrogen-bond donors (Lipinski definition) is 0. The van der Waals surface area contributed by atoms with Crippen molar-refractivity contribution in [3.8, 4) is 0 Å². The molecule has 1 heterocycles. The predicted octanol–water partition coefficient (Wildman–Crippen LogP) is 1.25. The summed E-state index contributed by atoms with van der Waals surface area (Å²) in [5.41, 5.74) is -0.554. The minimum atomic E-state index is -0.785. The van der Waals surface area contributed by atoms with Crippen LogP contribution in [0.3, 0.4) is 0 Å². The number of amides is 1. The van der Waals surface area contributed by atoms with E-state index in [0.29, 0.717) is 0 Å². The molecule has 0 saturated heterocycles. The highest BCUT2D eigenvalue weighted by Crippen LogP contribution is 2.12. The van der Waals surface area contributed by atoms with Gasteiger partial charge < -0.3 is 4.74 Å². The number of esters is 1. The monoisotopic (exact) mass is 196 g/mol. The molecule has 0 aromatic carbocycles. The first kappa shape index (κ1) is 10.6. The topological polar surface area (TPSA) is 68.1 Å². The summed E-state index contributed by atoms with van der Waals surface area (Å²) in [6.07, 6.45) is 2.59. The van der Waals surface area contributed by atoms with Gasteiger partial charge in [-0.2, -0.15) is 5.11 Å². The van der Waals surface area contributed by atoms with Crippen molar-refractivity contribution >= 4 is 11.9 Å². The molecule has 0 fully saturated rings. The second-order valence-electron chi connectivity index (χ2n) is 3.89. The molecule has 1 rings (SSSR count). The lowest BCUT2D eigenvalue weighted by atomic mass is 10.2. The van der Waals surface area contributed by atoms with Crippen LogP contribution >= 0.6 is 0 Å². The summed E-state index contributed by atoms with van der Waals surface area (Å²) in [5.74, 6) is -0.949. The van der Waals surface area contributed by atoms with Crippen molar-refractivity contribution in [1.82, 2.24) is 0 Å². The zero-order valence-electron chi connectivity index (χ0n) is 8.35. The number of rotatable bonds is 1. The molecule has 0 N–H and O–H groups in total. The van der Waals surface area contributed by atoms with Gasteiger partial charge in [-0.25, -0.2) is 4.79 Å². The molecule has 0 saturated carbocycles. The quantitative estimate of drug-likeness (QED) is 0.592. The summed E-state index contributed by atoms with van der Waals surface area (Å²) in [5, 5.41) is 6.77. The first-order valence-electron chi connectivity index (χ1n) is 4.24. The number of azo groups is 1. The number of nitrogens with zero attached hydrogens (tertiary/aromatic N) is 2. The van der Waals surface area contributed by atoms with Gasteiger partial charge in [-0.15, -0.1) is 5.11 Å². The van der Waals surface area contributed by atoms with Crippen LogP contribution in [0.1, 0.15) is 20.8 Å². The molecule has 76 valence electrons. The van der Waals surface area contributed by atoms with Crippen molar-refractivity contribution in [3.05, 3.63) is 12.2 Å². The molecule has 1 amide bonds. The molecule has 1 atom stereocenters. The molecule has 0 aromatic rings. The van der Waals surface area contributed by atoms with Crippen LogP contribution in [-0.4, -0.2) is 23.5 Å². The fourth-order valence-corrected chi connectivity index (χ4v) is 0.852. The third-order valence-corrected chi connectivity index (χ3v) is 1.35. The average Bonchev–Trinajstić information content (AvgIpc) is 2.02. The van der Waals surface area contributed by atoms with Crippen LogP contribution in [0.2, 0.25) is 0 Å². The summed E-state index contributed by atoms with van der Waals surface area (Å²) in [6.45, 7) is 5.29. The second-order valence-corrected chi connectivity index (χ2v) is 3.89. The lowest BCUT2D eigenvalue weighted by Crippen LogP contribution is -2.30. The maximum absolute atomic E-state index is 11.4. The van der Waals surface area contributed by atoms with Crippen molar-refractivity contribution in [1.29, 1.82) is 0 Å². The Labute approximate surface area is 81.8 Å². The summed E-state index contributed by atoms with van der Waals surface area (Å²) in [7, 11) is 0. The summed E-state index contributed by atoms with van der Waals surface area (Å²) in [4.78, 5) is 22.0. The van der Waals surface area contributed by atoms with E-state index in [1.54, 1.807) is 20.8 Å². The van der Waals surface area contributed by atoms with Gasteiger partial charge in [0.25, 0.3) is 5.91 Å². The van der Waals surface area contributed by atoms with E-state index in [0.717, 1.165) is 0 Å². The Bertz CT molecular complexity index is 297. The highest BCUT2D eigenvalue weighted by atomic mass is 16.6. The smallest absolute Gasteiger partial charge is 0.337 e. The van der Waals surface area contributed by atoms with Gasteiger partial charge in [-0.05, 0) is 26.8 Å². The van der Waals surface area contributed by atoms with Crippen LogP contribution in [0, 0.1) is 0 Å². The Morgan fingerprint density at radius 1 is 1.50 bits per heavy atom. The molecule has 0 bridgehead atoms. The number of ether oxygens (including phenoxy) is 1. The van der Waals surface area contributed by atoms with Crippen molar-refractivity contribution in [2.45, 2.75) is 32.4 Å². The minimum absolute atomic E-state index is 0.454. The van der Waals surface area contributed by atoms with Crippen molar-refractivity contribution in [2.24, 2.45) is 10.2 Å². The highest BCUT2D eigenvalue weighted by Gasteiger charge is 2.24. The van der Waals surface area contributed by atoms with Gasteiger partial charge in [0, 0.05) is 6.08 Å². The van der Waals surface area contributed by atoms with E-state index < -0.39 is 23.5 Å². The number of carbonyl (C=O) groups excluding carboxylic acids is 2. The molecule has 0 aliphatic carbocycles. The van der Waals surface area contributed by atoms with Crippen LogP contribution in [0.5, 0.6) is 0 Å². The summed E-state index contributed by atoms with van der Waals surface area (Å²) in [6, 6.07) is -0.785. The van der Waals surface area contributed by atoms with Crippen molar-refractivity contribution in [3.63, 3.8) is 0 Å². The van der Waals surface area contributed by atoms with Gasteiger partial charge in [0.15, 0.2) is 6.04 Å². The normalized spacial score (nSPS) is 21.1. The van der Waals surface area contributed by atoms with Gasteiger partial charge in [-0.3, -0.25) is 4.79 Å². The maximum Gasteiger partial charge on any atom is 0.337 e. The van der Waals surface area contributed by atoms with Crippen molar-refractivity contribution in [2.75, 3.05) is 0 Å². The van der Waals surface area contributed by atoms with Crippen LogP contribution in [-0.2, 0) is 14.3 Å². The van der Waals surface area contributed by atoms with E-state index in [2.05, 4.69) is 10.2 Å². The number of hydrogen-bond acceptors (Lipinski definition) is 4. The minimum Gasteiger partial charge on any atom is -0.458 e. The third-order valence-electron chi connectivity index (χ3n) is 1.35. The molecule has 1 unspecified atom stereocenters. The highest BCUT2D eigenvalue weighted by molar-refractivity contribution is 5.91. The molecular formula is C9H12N2O3. The first-order chi connectivity index (χ1) is 6.38. The summed E-state index contributed by atoms with van der Waals surface area (Å²) < 4.78 is 5.06. The largest absolute Gasteiger partial charge is 0.458 e. The van der Waals surface area contributed by atoms with Gasteiger partial charge in [0.2, 0.25) is 0 Å². The summed E-state index contributed by atoms with van der Waals surface area (Å²) >= 11 is 0. The van der Waals surface area contributed by atoms with E-state index in [1.165, 1.54) is 12.2 Å². The lowest BCUT2D eigenvalue weighted by molar-refractivity contribution is -0.155. The Morgan fingerprint density at radius 3 is 2.57 bits per heavy atom. The fraction of sp³-hybridized carbons (Fsp3) is 0.556. The predicted molar refractivity (Wildman–Crippen MR) is 48.6 cm³/mol. The Morgan fingerprint density at radius 2 is 2.14 bits per heavy atom. The van der Waals surface area contributed by atoms with Crippen LogP contribution in [0.25, 0.3) is 0 Å². The lowest BCUT2D eigenvalue weighted by Gasteiger charge is -2.21. The molecule has 0 spiro atoms. The Hall–Kier alpha value is -1.52. The first-order valence-corrected chi connectivity index (χ1v) is 4.24. The van der Waals surface area contributed by atoms with Crippen LogP contribution < -0.4 is 0 Å². The molecule has 0 aromatic heterocycles. The van der Waals surface area contributed by atoms with E-state index >= 15 is 0 Å². The van der Waals surface area contributed by atoms with E-state index in [9.17, 15) is 9.59 Å². The van der Waals surface area contributed by atoms with Crippen LogP contribution in [0.15, 0.2) is 22.4 Å². The molecule has 14 heavy (non-hydrogen) atoms. The molecule has 0 radical (unpaired) electrons. The molecule has 1 aliphatic rings. The van der Waals surface area contributed by atoms with Gasteiger partial charge in [0.1, 0.15) is 5.60 Å². The fourth-order valence-electron chi connectivity index (χ4n) is 0.852. The molecular weight excluding hydrogens is 184 g/mol. The third kappa shape index (κ3) is 3.08. The standard InChI is InChI=1S/C9H12N2O3/c1-9(2,3)14-8(13)6-4-5-7(12)11-10-6/h4-6H,1-3H3. The van der Waals surface area contributed by atoms with E-state index in [1.807, 2.05) is 0 Å². The van der Waals surface area contributed by atoms with Gasteiger partial charge in [0.05, 0.1) is 0 Å². The average molecular weight is 196 g/mol. The molecule has 1 aliphatic heterocycles. The maximum atomic E-state index is 11.4. The van der Waals surface area contributed by atoms with Crippen molar-refractivity contribution < 1.29 is 14.3 Å². The zero-order valence-corrected chi connectivity index (χ0v) is 8.35. The molecule has 5 heteroatoms. The molecule has 5 nitrogen and oxygen atoms in total. The van der Waals surface area contributed by atoms with Gasteiger partial charge in [-0.1, -0.05) is 0 Å². The van der Waals surface area contributed by atoms with E-state index in [4.69, 9.17) is 4.74 Å². The zero-order chi connectivity index (χ0) is 10.8.